The van der Waals surface area contributed by atoms with Crippen LogP contribution in [-0.2, 0) is 10.8 Å². The summed E-state index contributed by atoms with van der Waals surface area (Å²) in [6, 6.07) is 110. The van der Waals surface area contributed by atoms with E-state index in [0.717, 1.165) is 67.6 Å². The van der Waals surface area contributed by atoms with Crippen molar-refractivity contribution in [1.82, 2.24) is 4.57 Å². The van der Waals surface area contributed by atoms with E-state index in [4.69, 9.17) is 0 Å². The molecule has 0 atom stereocenters. The summed E-state index contributed by atoms with van der Waals surface area (Å²) in [6.45, 7) is 13.7. The Labute approximate surface area is 517 Å². The van der Waals surface area contributed by atoms with Gasteiger partial charge in [-0.05, 0) is 161 Å². The first kappa shape index (κ1) is 53.1. The van der Waals surface area contributed by atoms with Gasteiger partial charge in [-0.2, -0.15) is 0 Å². The first-order valence-electron chi connectivity index (χ1n) is 31.0. The second-order valence-electron chi connectivity index (χ2n) is 26.1. The average Bonchev–Trinajstić information content (AvgIpc) is 0.926. The third-order valence-electron chi connectivity index (χ3n) is 18.6. The minimum atomic E-state index is -0.216. The van der Waals surface area contributed by atoms with Gasteiger partial charge < -0.3 is 14.4 Å². The van der Waals surface area contributed by atoms with E-state index in [9.17, 15) is 0 Å². The van der Waals surface area contributed by atoms with Crippen LogP contribution >= 0.6 is 0 Å². The van der Waals surface area contributed by atoms with Gasteiger partial charge in [0.1, 0.15) is 0 Å². The molecule has 0 unspecified atom stereocenters. The Hall–Kier alpha value is -10.4. The topological polar surface area (TPSA) is 11.4 Å². The molecule has 0 saturated heterocycles. The lowest BCUT2D eigenvalue weighted by molar-refractivity contribution is 0.590. The van der Waals surface area contributed by atoms with Gasteiger partial charge in [-0.1, -0.05) is 260 Å². The largest absolute Gasteiger partial charge is 0.311 e. The summed E-state index contributed by atoms with van der Waals surface area (Å²) in [4.78, 5) is 5.33. The van der Waals surface area contributed by atoms with Crippen molar-refractivity contribution in [3.63, 3.8) is 0 Å². The summed E-state index contributed by atoms with van der Waals surface area (Å²) in [7, 11) is 0. The van der Waals surface area contributed by atoms with Crippen LogP contribution in [0.2, 0.25) is 0 Å². The first-order valence-corrected chi connectivity index (χ1v) is 31.0. The number of nitrogens with zero attached hydrogens (tertiary/aromatic N) is 3. The molecule has 420 valence electrons. The zero-order valence-corrected chi connectivity index (χ0v) is 50.6. The van der Waals surface area contributed by atoms with Gasteiger partial charge in [-0.25, -0.2) is 0 Å². The van der Waals surface area contributed by atoms with E-state index in [1.165, 1.54) is 87.9 Å². The lowest BCUT2D eigenvalue weighted by atomic mass is 9.33. The Kier molecular flexibility index (Phi) is 12.5. The van der Waals surface area contributed by atoms with Crippen LogP contribution in [0, 0.1) is 0 Å². The number of aromatic nitrogens is 1. The summed E-state index contributed by atoms with van der Waals surface area (Å²) >= 11 is 0. The standard InChI is InChI=1S/C84H66BN3/c1-83(2,3)64-42-39-56(40-43-64)63-50-79-81-80(51-63)88(82-70(58-29-15-9-16-30-58)52-65(84(4,5)6)53-71(82)59-31-17-10-18-32-59)77-46-44-66(86-74-37-23-21-35-67(74)68-36-22-24-38-75(68)86)54-73(77)85(81)72-48-62(55-25-11-7-12-26-55)41-45-76(72)87(79)78-49-61-34-20-19-33-60(61)47-69(78)57-27-13-8-14-28-57/h7-54H,1-6H3. The van der Waals surface area contributed by atoms with Crippen LogP contribution in [0.5, 0.6) is 0 Å². The molecule has 0 bridgehead atoms. The molecule has 0 radical (unpaired) electrons. The fourth-order valence-corrected chi connectivity index (χ4v) is 14.2. The molecule has 0 saturated carbocycles. The second-order valence-corrected chi connectivity index (χ2v) is 26.1. The van der Waals surface area contributed by atoms with Crippen molar-refractivity contribution >= 4 is 89.8 Å². The predicted octanol–water partition coefficient (Wildman–Crippen LogP) is 20.9. The molecule has 88 heavy (non-hydrogen) atoms. The maximum atomic E-state index is 2.69. The molecule has 0 fully saturated rings. The average molecular weight is 1130 g/mol. The van der Waals surface area contributed by atoms with Crippen LogP contribution in [0.15, 0.2) is 291 Å². The highest BCUT2D eigenvalue weighted by Gasteiger charge is 2.46. The van der Waals surface area contributed by atoms with E-state index in [-0.39, 0.29) is 17.5 Å². The van der Waals surface area contributed by atoms with Crippen molar-refractivity contribution in [3.05, 3.63) is 302 Å². The maximum absolute atomic E-state index is 2.69. The minimum Gasteiger partial charge on any atom is -0.311 e. The Morgan fingerprint density at radius 2 is 0.727 bits per heavy atom. The minimum absolute atomic E-state index is 0.0177. The summed E-state index contributed by atoms with van der Waals surface area (Å²) < 4.78 is 2.50. The number of hydrogen-bond donors (Lipinski definition) is 0. The quantitative estimate of drug-likeness (QED) is 0.141. The Bertz CT molecular complexity index is 4920. The van der Waals surface area contributed by atoms with E-state index in [1.807, 2.05) is 0 Å². The molecule has 16 rings (SSSR count). The van der Waals surface area contributed by atoms with Crippen molar-refractivity contribution in [2.24, 2.45) is 0 Å². The van der Waals surface area contributed by atoms with Crippen LogP contribution in [-0.4, -0.2) is 11.3 Å². The SMILES string of the molecule is CC(C)(C)c1ccc(-c2cc3c4c(c2)N(c2c(-c5ccccc5)cc(C(C)(C)C)cc2-c2ccccc2)c2ccc(-n5c6ccccc6c6ccccc65)cc2B4c2cc(-c4ccccc4)ccc2N3c2cc3ccccc3cc2-c2ccccc2)cc1. The van der Waals surface area contributed by atoms with Crippen molar-refractivity contribution in [2.45, 2.75) is 52.4 Å². The molecule has 14 aromatic rings. The molecule has 4 heteroatoms. The third kappa shape index (κ3) is 8.80. The van der Waals surface area contributed by atoms with Crippen LogP contribution in [0.4, 0.5) is 34.1 Å². The van der Waals surface area contributed by atoms with E-state index in [0.29, 0.717) is 0 Å². The van der Waals surface area contributed by atoms with Crippen LogP contribution in [0.25, 0.3) is 93.9 Å². The molecule has 1 aromatic heterocycles. The van der Waals surface area contributed by atoms with Gasteiger partial charge in [0.25, 0.3) is 6.71 Å². The highest BCUT2D eigenvalue weighted by Crippen LogP contribution is 2.54. The van der Waals surface area contributed by atoms with Crippen LogP contribution in [0.3, 0.4) is 0 Å². The maximum Gasteiger partial charge on any atom is 0.252 e. The number of hydrogen-bond acceptors (Lipinski definition) is 2. The van der Waals surface area contributed by atoms with Gasteiger partial charge in [0, 0.05) is 55.9 Å². The molecular weight excluding hydrogens is 1060 g/mol. The fourth-order valence-electron chi connectivity index (χ4n) is 14.2. The molecule has 2 aliphatic heterocycles. The molecule has 3 heterocycles. The Morgan fingerprint density at radius 1 is 0.284 bits per heavy atom. The van der Waals surface area contributed by atoms with Crippen molar-refractivity contribution in [3.8, 4) is 61.3 Å². The molecule has 0 N–H and O–H groups in total. The van der Waals surface area contributed by atoms with Gasteiger partial charge in [-0.15, -0.1) is 0 Å². The molecule has 0 aliphatic carbocycles. The lowest BCUT2D eigenvalue weighted by Crippen LogP contribution is -2.61. The summed E-state index contributed by atoms with van der Waals surface area (Å²) in [6.07, 6.45) is 0. The van der Waals surface area contributed by atoms with Gasteiger partial charge in [0.2, 0.25) is 0 Å². The highest BCUT2D eigenvalue weighted by atomic mass is 15.2. The molecule has 2 aliphatic rings. The molecule has 0 spiro atoms. The first-order chi connectivity index (χ1) is 42.9. The summed E-state index contributed by atoms with van der Waals surface area (Å²) in [5.41, 5.74) is 28.2. The normalized spacial score (nSPS) is 12.8. The number of para-hydroxylation sites is 2. The van der Waals surface area contributed by atoms with E-state index >= 15 is 0 Å². The van der Waals surface area contributed by atoms with Gasteiger partial charge >= 0.3 is 0 Å². The van der Waals surface area contributed by atoms with Gasteiger partial charge in [-0.3, -0.25) is 0 Å². The van der Waals surface area contributed by atoms with Crippen LogP contribution in [0.1, 0.15) is 52.7 Å². The molecule has 3 nitrogen and oxygen atoms in total. The molecule has 0 amide bonds. The van der Waals surface area contributed by atoms with Crippen molar-refractivity contribution in [1.29, 1.82) is 0 Å². The van der Waals surface area contributed by atoms with Crippen molar-refractivity contribution < 1.29 is 0 Å². The highest BCUT2D eigenvalue weighted by molar-refractivity contribution is 7.00. The monoisotopic (exact) mass is 1130 g/mol. The molecule has 13 aromatic carbocycles. The van der Waals surface area contributed by atoms with E-state index in [2.05, 4.69) is 347 Å². The summed E-state index contributed by atoms with van der Waals surface area (Å²) in [5, 5.41) is 4.87. The smallest absolute Gasteiger partial charge is 0.252 e. The van der Waals surface area contributed by atoms with Crippen molar-refractivity contribution in [2.75, 3.05) is 9.80 Å². The van der Waals surface area contributed by atoms with E-state index < -0.39 is 0 Å². The summed E-state index contributed by atoms with van der Waals surface area (Å²) in [5.74, 6) is 0. The zero-order valence-electron chi connectivity index (χ0n) is 50.6. The Balaban J connectivity index is 1.10. The number of benzene rings is 13. The fraction of sp³-hybridized carbons (Fsp3) is 0.0952. The van der Waals surface area contributed by atoms with Gasteiger partial charge in [0.15, 0.2) is 0 Å². The number of anilines is 6. The zero-order chi connectivity index (χ0) is 59.4. The third-order valence-corrected chi connectivity index (χ3v) is 18.6. The Morgan fingerprint density at radius 3 is 1.30 bits per heavy atom. The molecular formula is C84H66BN3. The predicted molar refractivity (Wildman–Crippen MR) is 377 cm³/mol. The number of rotatable bonds is 8. The van der Waals surface area contributed by atoms with Gasteiger partial charge in [0.05, 0.1) is 22.4 Å². The number of fused-ring (bicyclic) bond motifs is 8. The van der Waals surface area contributed by atoms with Crippen LogP contribution < -0.4 is 26.2 Å². The lowest BCUT2D eigenvalue weighted by Gasteiger charge is -2.46. The van der Waals surface area contributed by atoms with E-state index in [1.54, 1.807) is 0 Å². The second kappa shape index (κ2) is 20.6.